The number of carboxylic acids is 1. The van der Waals surface area contributed by atoms with Gasteiger partial charge in [0, 0.05) is 0 Å². The van der Waals surface area contributed by atoms with E-state index in [0.717, 1.165) is 25.7 Å². The molecule has 0 saturated heterocycles. The summed E-state index contributed by atoms with van der Waals surface area (Å²) in [5.74, 6) is -0.649. The van der Waals surface area contributed by atoms with Gasteiger partial charge >= 0.3 is 13.6 Å². The van der Waals surface area contributed by atoms with Crippen molar-refractivity contribution in [3.8, 4) is 0 Å². The van der Waals surface area contributed by atoms with Crippen LogP contribution in [0.1, 0.15) is 32.1 Å². The molecule has 5 N–H and O–H groups in total. The van der Waals surface area contributed by atoms with Gasteiger partial charge in [0.05, 0.1) is 6.16 Å². The Kier molecular flexibility index (Phi) is 5.13. The highest BCUT2D eigenvalue weighted by molar-refractivity contribution is 7.51. The van der Waals surface area contributed by atoms with Gasteiger partial charge in [-0.25, -0.2) is 0 Å². The molecule has 1 aliphatic rings. The molecule has 17 heavy (non-hydrogen) atoms. The van der Waals surface area contributed by atoms with Crippen LogP contribution < -0.4 is 5.73 Å². The van der Waals surface area contributed by atoms with E-state index in [1.54, 1.807) is 0 Å². The van der Waals surface area contributed by atoms with Gasteiger partial charge in [-0.05, 0) is 31.1 Å². The van der Waals surface area contributed by atoms with Crippen molar-refractivity contribution in [2.24, 2.45) is 17.6 Å². The van der Waals surface area contributed by atoms with Gasteiger partial charge in [0.15, 0.2) is 0 Å². The summed E-state index contributed by atoms with van der Waals surface area (Å²) in [5, 5.41) is 8.69. The van der Waals surface area contributed by atoms with E-state index >= 15 is 0 Å². The molecule has 0 heterocycles. The summed E-state index contributed by atoms with van der Waals surface area (Å²) in [7, 11) is -3.92. The second-order valence-electron chi connectivity index (χ2n) is 4.91. The van der Waals surface area contributed by atoms with E-state index in [2.05, 4.69) is 0 Å². The molecule has 0 radical (unpaired) electrons. The third-order valence-corrected chi connectivity index (χ3v) is 4.36. The van der Waals surface area contributed by atoms with Crippen LogP contribution in [0.25, 0.3) is 0 Å². The molecule has 1 saturated carbocycles. The highest BCUT2D eigenvalue weighted by Gasteiger charge is 2.28. The van der Waals surface area contributed by atoms with Crippen molar-refractivity contribution >= 4 is 13.6 Å². The van der Waals surface area contributed by atoms with Crippen LogP contribution >= 0.6 is 7.60 Å². The zero-order chi connectivity index (χ0) is 13.1. The van der Waals surface area contributed by atoms with Crippen LogP contribution in [0.5, 0.6) is 0 Å². The Morgan fingerprint density at radius 2 is 1.71 bits per heavy atom. The number of carbonyl (C=O) groups is 1. The predicted octanol–water partition coefficient (Wildman–Crippen LogP) is 0.772. The van der Waals surface area contributed by atoms with Crippen molar-refractivity contribution in [2.45, 2.75) is 38.1 Å². The molecule has 0 aromatic carbocycles. The van der Waals surface area contributed by atoms with Crippen LogP contribution in [0, 0.1) is 11.8 Å². The molecule has 6 nitrogen and oxygen atoms in total. The van der Waals surface area contributed by atoms with E-state index in [-0.39, 0.29) is 18.0 Å². The van der Waals surface area contributed by atoms with Crippen molar-refractivity contribution in [2.75, 3.05) is 6.16 Å². The first kappa shape index (κ1) is 14.6. The normalized spacial score (nSPS) is 27.7. The maximum atomic E-state index is 10.8. The van der Waals surface area contributed by atoms with Gasteiger partial charge in [-0.2, -0.15) is 0 Å². The van der Waals surface area contributed by atoms with Crippen molar-refractivity contribution in [3.05, 3.63) is 0 Å². The molecule has 0 aromatic rings. The maximum Gasteiger partial charge on any atom is 0.325 e. The molecule has 1 unspecified atom stereocenters. The Balaban J connectivity index is 2.31. The fraction of sp³-hybridized carbons (Fsp3) is 0.900. The predicted molar refractivity (Wildman–Crippen MR) is 62.6 cm³/mol. The first-order valence-corrected chi connectivity index (χ1v) is 7.60. The summed E-state index contributed by atoms with van der Waals surface area (Å²) in [6.45, 7) is 0. The number of nitrogens with two attached hydrogens (primary N) is 1. The van der Waals surface area contributed by atoms with E-state index in [1.807, 2.05) is 0 Å². The highest BCUT2D eigenvalue weighted by Crippen LogP contribution is 2.42. The lowest BCUT2D eigenvalue weighted by Gasteiger charge is -2.29. The number of rotatable bonds is 5. The summed E-state index contributed by atoms with van der Waals surface area (Å²) in [6, 6.07) is -0.821. The van der Waals surface area contributed by atoms with Gasteiger partial charge < -0.3 is 20.6 Å². The molecular formula is C10H20NO5P. The molecule has 7 heteroatoms. The van der Waals surface area contributed by atoms with Crippen LogP contribution in [-0.2, 0) is 9.36 Å². The molecule has 0 aromatic heterocycles. The molecule has 0 bridgehead atoms. The number of hydrogen-bond donors (Lipinski definition) is 4. The van der Waals surface area contributed by atoms with Gasteiger partial charge in [-0.3, -0.25) is 9.36 Å². The average Bonchev–Trinajstić information content (AvgIpc) is 2.18. The quantitative estimate of drug-likeness (QED) is 0.545. The number of aliphatic carboxylic acids is 1. The molecule has 100 valence electrons. The number of carboxylic acid groups (broad SMARTS) is 1. The minimum atomic E-state index is -3.92. The van der Waals surface area contributed by atoms with Crippen LogP contribution in [-0.4, -0.2) is 33.1 Å². The maximum absolute atomic E-state index is 10.8. The molecule has 0 amide bonds. The second-order valence-corrected chi connectivity index (χ2v) is 6.61. The second kappa shape index (κ2) is 5.96. The third kappa shape index (κ3) is 5.64. The molecular weight excluding hydrogens is 245 g/mol. The Labute approximate surface area is 100 Å². The summed E-state index contributed by atoms with van der Waals surface area (Å²) in [5.41, 5.74) is 5.46. The van der Waals surface area contributed by atoms with Crippen LogP contribution in [0.15, 0.2) is 0 Å². The van der Waals surface area contributed by atoms with Gasteiger partial charge in [0.1, 0.15) is 6.04 Å². The summed E-state index contributed by atoms with van der Waals surface area (Å²) < 4.78 is 10.8. The molecule has 1 atom stereocenters. The minimum Gasteiger partial charge on any atom is -0.480 e. The van der Waals surface area contributed by atoms with Gasteiger partial charge in [0.25, 0.3) is 0 Å². The summed E-state index contributed by atoms with van der Waals surface area (Å²) >= 11 is 0. The van der Waals surface area contributed by atoms with Gasteiger partial charge in [0.2, 0.25) is 0 Å². The van der Waals surface area contributed by atoms with E-state index in [4.69, 9.17) is 20.6 Å². The highest BCUT2D eigenvalue weighted by atomic mass is 31.2. The molecule has 1 aliphatic carbocycles. The Morgan fingerprint density at radius 3 is 2.12 bits per heavy atom. The lowest BCUT2D eigenvalue weighted by molar-refractivity contribution is -0.139. The van der Waals surface area contributed by atoms with E-state index in [1.165, 1.54) is 0 Å². The summed E-state index contributed by atoms with van der Waals surface area (Å²) in [4.78, 5) is 28.3. The molecule has 0 spiro atoms. The van der Waals surface area contributed by atoms with E-state index < -0.39 is 19.6 Å². The van der Waals surface area contributed by atoms with Gasteiger partial charge in [-0.15, -0.1) is 0 Å². The molecule has 1 rings (SSSR count). The standard InChI is InChI=1S/C10H20NO5P/c11-9(10(12)13)5-7-1-3-8(4-2-7)6-17(14,15)16/h7-9H,1-6,11H2,(H,12,13)(H2,14,15,16). The first-order chi connectivity index (χ1) is 7.78. The van der Waals surface area contributed by atoms with Crippen LogP contribution in [0.2, 0.25) is 0 Å². The zero-order valence-corrected chi connectivity index (χ0v) is 10.6. The fourth-order valence-corrected chi connectivity index (χ4v) is 3.48. The minimum absolute atomic E-state index is 0.0509. The van der Waals surface area contributed by atoms with Crippen molar-refractivity contribution < 1.29 is 24.3 Å². The van der Waals surface area contributed by atoms with Crippen molar-refractivity contribution in [3.63, 3.8) is 0 Å². The van der Waals surface area contributed by atoms with E-state index in [9.17, 15) is 9.36 Å². The summed E-state index contributed by atoms with van der Waals surface area (Å²) in [6.07, 6.45) is 3.53. The SMILES string of the molecule is NC(CC1CCC(CP(=O)(O)O)CC1)C(=O)O. The largest absolute Gasteiger partial charge is 0.480 e. The average molecular weight is 265 g/mol. The zero-order valence-electron chi connectivity index (χ0n) is 9.66. The van der Waals surface area contributed by atoms with Crippen LogP contribution in [0.3, 0.4) is 0 Å². The van der Waals surface area contributed by atoms with Gasteiger partial charge in [-0.1, -0.05) is 12.8 Å². The van der Waals surface area contributed by atoms with Crippen molar-refractivity contribution in [1.82, 2.24) is 0 Å². The third-order valence-electron chi connectivity index (χ3n) is 3.37. The first-order valence-electron chi connectivity index (χ1n) is 5.81. The lowest BCUT2D eigenvalue weighted by atomic mass is 9.80. The fourth-order valence-electron chi connectivity index (χ4n) is 2.45. The van der Waals surface area contributed by atoms with Crippen molar-refractivity contribution in [1.29, 1.82) is 0 Å². The topological polar surface area (TPSA) is 121 Å². The monoisotopic (exact) mass is 265 g/mol. The number of hydrogen-bond acceptors (Lipinski definition) is 3. The molecule has 1 fully saturated rings. The Morgan fingerprint density at radius 1 is 1.24 bits per heavy atom. The van der Waals surface area contributed by atoms with E-state index in [0.29, 0.717) is 6.42 Å². The Bertz CT molecular complexity index is 308. The lowest BCUT2D eigenvalue weighted by Crippen LogP contribution is -2.33. The Hall–Kier alpha value is -0.420. The molecule has 0 aliphatic heterocycles. The smallest absolute Gasteiger partial charge is 0.325 e. The van der Waals surface area contributed by atoms with Crippen LogP contribution in [0.4, 0.5) is 0 Å².